The van der Waals surface area contributed by atoms with Gasteiger partial charge in [0.2, 0.25) is 0 Å². The van der Waals surface area contributed by atoms with Crippen molar-refractivity contribution in [3.63, 3.8) is 0 Å². The lowest BCUT2D eigenvalue weighted by atomic mass is 9.99. The molecule has 0 N–H and O–H groups in total. The topological polar surface area (TPSA) is 78.9 Å². The van der Waals surface area contributed by atoms with Crippen LogP contribution in [0.1, 0.15) is 330 Å². The molecule has 0 rings (SSSR count). The summed E-state index contributed by atoms with van der Waals surface area (Å²) in [6, 6.07) is 0. The molecule has 0 saturated heterocycles. The maximum atomic E-state index is 12.8. The third-order valence-corrected chi connectivity index (χ3v) is 13.8. The molecule has 0 bridgehead atoms. The van der Waals surface area contributed by atoms with Crippen LogP contribution in [0.2, 0.25) is 0 Å². The van der Waals surface area contributed by atoms with E-state index < -0.39 is 6.10 Å². The summed E-state index contributed by atoms with van der Waals surface area (Å²) >= 11 is 0. The largest absolute Gasteiger partial charge is 0.462 e. The zero-order valence-electron chi connectivity index (χ0n) is 44.6. The van der Waals surface area contributed by atoms with E-state index >= 15 is 0 Å². The Morgan fingerprint density at radius 1 is 0.323 bits per heavy atom. The van der Waals surface area contributed by atoms with Crippen LogP contribution in [0.15, 0.2) is 0 Å². The van der Waals surface area contributed by atoms with E-state index in [1.165, 1.54) is 218 Å². The minimum atomic E-state index is -0.762. The standard InChI is InChI=1S/C59H114O6/c1-6-8-9-10-11-12-13-14-20-24-31-36-41-46-51-59(62)65-56(53-64-58(61)50-45-40-35-30-26-25-28-33-38-43-48-55(5)7-2)52-63-57(60)49-44-39-34-29-23-21-18-16-15-17-19-22-27-32-37-42-47-54(3)4/h54-56H,6-53H2,1-5H3/t55?,56-/m0/s1. The van der Waals surface area contributed by atoms with Crippen molar-refractivity contribution >= 4 is 17.9 Å². The Morgan fingerprint density at radius 3 is 0.877 bits per heavy atom. The Bertz CT molecular complexity index is 995. The fourth-order valence-corrected chi connectivity index (χ4v) is 9.02. The first-order valence-corrected chi connectivity index (χ1v) is 29.3. The van der Waals surface area contributed by atoms with Gasteiger partial charge in [-0.25, -0.2) is 0 Å². The van der Waals surface area contributed by atoms with Crippen molar-refractivity contribution in [3.05, 3.63) is 0 Å². The van der Waals surface area contributed by atoms with E-state index in [-0.39, 0.29) is 31.1 Å². The maximum absolute atomic E-state index is 12.8. The molecule has 0 saturated carbocycles. The zero-order valence-corrected chi connectivity index (χ0v) is 44.6. The van der Waals surface area contributed by atoms with Crippen molar-refractivity contribution in [2.24, 2.45) is 11.8 Å². The van der Waals surface area contributed by atoms with E-state index in [1.54, 1.807) is 0 Å². The highest BCUT2D eigenvalue weighted by molar-refractivity contribution is 5.71. The highest BCUT2D eigenvalue weighted by Crippen LogP contribution is 2.19. The van der Waals surface area contributed by atoms with E-state index in [1.807, 2.05) is 0 Å². The van der Waals surface area contributed by atoms with Gasteiger partial charge in [-0.3, -0.25) is 14.4 Å². The van der Waals surface area contributed by atoms with Gasteiger partial charge in [0.1, 0.15) is 13.2 Å². The summed E-state index contributed by atoms with van der Waals surface area (Å²) in [5, 5.41) is 0. The van der Waals surface area contributed by atoms with Crippen LogP contribution >= 0.6 is 0 Å². The van der Waals surface area contributed by atoms with Gasteiger partial charge in [-0.1, -0.05) is 291 Å². The highest BCUT2D eigenvalue weighted by atomic mass is 16.6. The molecule has 6 heteroatoms. The van der Waals surface area contributed by atoms with Crippen molar-refractivity contribution in [1.29, 1.82) is 0 Å². The van der Waals surface area contributed by atoms with Crippen molar-refractivity contribution in [2.75, 3.05) is 13.2 Å². The van der Waals surface area contributed by atoms with Crippen LogP contribution in [-0.2, 0) is 28.6 Å². The fraction of sp³-hybridized carbons (Fsp3) is 0.949. The Balaban J connectivity index is 4.28. The number of carbonyl (C=O) groups excluding carboxylic acids is 3. The number of unbranched alkanes of at least 4 members (excludes halogenated alkanes) is 37. The maximum Gasteiger partial charge on any atom is 0.306 e. The molecule has 0 spiro atoms. The summed E-state index contributed by atoms with van der Waals surface area (Å²) in [6.07, 6.45) is 55.1. The van der Waals surface area contributed by atoms with Gasteiger partial charge in [0.15, 0.2) is 6.10 Å². The smallest absolute Gasteiger partial charge is 0.306 e. The van der Waals surface area contributed by atoms with Gasteiger partial charge in [-0.05, 0) is 31.1 Å². The molecule has 0 radical (unpaired) electrons. The second-order valence-electron chi connectivity index (χ2n) is 21.0. The summed E-state index contributed by atoms with van der Waals surface area (Å²) in [5.74, 6) is 0.884. The van der Waals surface area contributed by atoms with Crippen molar-refractivity contribution in [3.8, 4) is 0 Å². The van der Waals surface area contributed by atoms with Gasteiger partial charge in [-0.15, -0.1) is 0 Å². The lowest BCUT2D eigenvalue weighted by Crippen LogP contribution is -2.30. The molecule has 2 atom stereocenters. The molecule has 0 fully saturated rings. The van der Waals surface area contributed by atoms with Gasteiger partial charge >= 0.3 is 17.9 Å². The Hall–Kier alpha value is -1.59. The first-order chi connectivity index (χ1) is 31.8. The fourth-order valence-electron chi connectivity index (χ4n) is 9.02. The minimum Gasteiger partial charge on any atom is -0.462 e. The van der Waals surface area contributed by atoms with E-state index in [0.717, 1.165) is 69.6 Å². The van der Waals surface area contributed by atoms with E-state index in [9.17, 15) is 14.4 Å². The summed E-state index contributed by atoms with van der Waals surface area (Å²) in [4.78, 5) is 38.1. The van der Waals surface area contributed by atoms with Gasteiger partial charge in [0.05, 0.1) is 0 Å². The highest BCUT2D eigenvalue weighted by Gasteiger charge is 2.19. The lowest BCUT2D eigenvalue weighted by molar-refractivity contribution is -0.167. The summed E-state index contributed by atoms with van der Waals surface area (Å²) in [6.45, 7) is 11.4. The average Bonchev–Trinajstić information content (AvgIpc) is 3.29. The summed E-state index contributed by atoms with van der Waals surface area (Å²) in [7, 11) is 0. The molecule has 0 aliphatic carbocycles. The van der Waals surface area contributed by atoms with Crippen LogP contribution < -0.4 is 0 Å². The molecule has 386 valence electrons. The number of esters is 3. The molecule has 0 aromatic carbocycles. The molecule has 0 heterocycles. The normalized spacial score (nSPS) is 12.5. The zero-order chi connectivity index (χ0) is 47.5. The second kappa shape index (κ2) is 51.8. The van der Waals surface area contributed by atoms with Crippen LogP contribution in [0, 0.1) is 11.8 Å². The third kappa shape index (κ3) is 51.6. The monoisotopic (exact) mass is 919 g/mol. The molecule has 0 aliphatic rings. The molecule has 0 amide bonds. The third-order valence-electron chi connectivity index (χ3n) is 13.8. The molecule has 1 unspecified atom stereocenters. The SMILES string of the molecule is CCCCCCCCCCCCCCCCC(=O)O[C@@H](COC(=O)CCCCCCCCCCCCCCCCCCC(C)C)COC(=O)CCCCCCCCCCCCC(C)CC. The average molecular weight is 920 g/mol. The first kappa shape index (κ1) is 63.4. The van der Waals surface area contributed by atoms with Crippen LogP contribution in [0.25, 0.3) is 0 Å². The van der Waals surface area contributed by atoms with Crippen LogP contribution in [0.5, 0.6) is 0 Å². The predicted molar refractivity (Wildman–Crippen MR) is 280 cm³/mol. The van der Waals surface area contributed by atoms with E-state index in [4.69, 9.17) is 14.2 Å². The van der Waals surface area contributed by atoms with E-state index in [0.29, 0.717) is 19.3 Å². The van der Waals surface area contributed by atoms with Crippen molar-refractivity contribution in [1.82, 2.24) is 0 Å². The molecular formula is C59H114O6. The van der Waals surface area contributed by atoms with Crippen LogP contribution in [-0.4, -0.2) is 37.2 Å². The quantitative estimate of drug-likeness (QED) is 0.0344. The molecule has 0 aromatic rings. The number of ether oxygens (including phenoxy) is 3. The molecule has 65 heavy (non-hydrogen) atoms. The van der Waals surface area contributed by atoms with Crippen LogP contribution in [0.4, 0.5) is 0 Å². The van der Waals surface area contributed by atoms with Gasteiger partial charge in [0, 0.05) is 19.3 Å². The lowest BCUT2D eigenvalue weighted by Gasteiger charge is -2.18. The Kier molecular flexibility index (Phi) is 50.5. The summed E-state index contributed by atoms with van der Waals surface area (Å²) in [5.41, 5.74) is 0. The minimum absolute atomic E-state index is 0.0626. The summed E-state index contributed by atoms with van der Waals surface area (Å²) < 4.78 is 16.9. The Labute approximate surface area is 406 Å². The van der Waals surface area contributed by atoms with Crippen molar-refractivity contribution in [2.45, 2.75) is 336 Å². The number of carbonyl (C=O) groups is 3. The molecule has 0 aliphatic heterocycles. The van der Waals surface area contributed by atoms with E-state index in [2.05, 4.69) is 34.6 Å². The second-order valence-corrected chi connectivity index (χ2v) is 21.0. The number of rotatable bonds is 53. The molecular weight excluding hydrogens is 805 g/mol. The van der Waals surface area contributed by atoms with Crippen LogP contribution in [0.3, 0.4) is 0 Å². The number of hydrogen-bond acceptors (Lipinski definition) is 6. The van der Waals surface area contributed by atoms with Gasteiger partial charge < -0.3 is 14.2 Å². The predicted octanol–water partition coefficient (Wildman–Crippen LogP) is 19.3. The number of hydrogen-bond donors (Lipinski definition) is 0. The van der Waals surface area contributed by atoms with Gasteiger partial charge in [-0.2, -0.15) is 0 Å². The molecule has 0 aromatic heterocycles. The van der Waals surface area contributed by atoms with Gasteiger partial charge in [0.25, 0.3) is 0 Å². The Morgan fingerprint density at radius 2 is 0.585 bits per heavy atom. The molecule has 6 nitrogen and oxygen atoms in total. The first-order valence-electron chi connectivity index (χ1n) is 29.3. The van der Waals surface area contributed by atoms with Crippen molar-refractivity contribution < 1.29 is 28.6 Å².